The average molecular weight is 294 g/mol. The molecule has 2 N–H and O–H groups in total. The van der Waals surface area contributed by atoms with E-state index in [1.807, 2.05) is 0 Å². The van der Waals surface area contributed by atoms with Gasteiger partial charge in [-0.2, -0.15) is 0 Å². The smallest absolute Gasteiger partial charge is 0.270 e. The fourth-order valence-corrected chi connectivity index (χ4v) is 2.86. The number of nitro benzene ring substituents is 1. The molecule has 6 nitrogen and oxygen atoms in total. The number of non-ortho nitro benzene ring substituents is 1. The van der Waals surface area contributed by atoms with Crippen molar-refractivity contribution < 1.29 is 4.92 Å². The number of anilines is 1. The van der Waals surface area contributed by atoms with E-state index in [1.165, 1.54) is 23.5 Å². The Labute approximate surface area is 118 Å². The van der Waals surface area contributed by atoms with Crippen LogP contribution >= 0.6 is 23.6 Å². The van der Waals surface area contributed by atoms with Crippen LogP contribution < -0.4 is 10.6 Å². The molecule has 1 aromatic heterocycles. The number of fused-ring (bicyclic) bond motifs is 1. The molecule has 0 saturated heterocycles. The number of nitrogens with zero attached hydrogens (tertiary/aromatic N) is 2. The molecule has 0 bridgehead atoms. The Bertz CT molecular complexity index is 666. The van der Waals surface area contributed by atoms with Gasteiger partial charge in [0.05, 0.1) is 15.1 Å². The van der Waals surface area contributed by atoms with Crippen LogP contribution in [-0.2, 0) is 0 Å². The molecule has 1 heterocycles. The Kier molecular flexibility index (Phi) is 3.03. The Morgan fingerprint density at radius 3 is 3.00 bits per heavy atom. The number of nitrogens with one attached hydrogen (secondary N) is 2. The molecule has 3 rings (SSSR count). The van der Waals surface area contributed by atoms with Crippen molar-refractivity contribution in [1.82, 2.24) is 10.3 Å². The van der Waals surface area contributed by atoms with E-state index in [0.29, 0.717) is 16.3 Å². The second-order valence-corrected chi connectivity index (χ2v) is 5.74. The third-order valence-corrected chi connectivity index (χ3v) is 3.87. The van der Waals surface area contributed by atoms with Gasteiger partial charge in [-0.15, -0.1) is 0 Å². The predicted octanol–water partition coefficient (Wildman–Crippen LogP) is 2.65. The second kappa shape index (κ2) is 4.71. The van der Waals surface area contributed by atoms with Crippen LogP contribution in [0.15, 0.2) is 18.2 Å². The van der Waals surface area contributed by atoms with E-state index >= 15 is 0 Å². The minimum absolute atomic E-state index is 0.0707. The number of hydrogen-bond donors (Lipinski definition) is 2. The molecule has 2 aromatic rings. The van der Waals surface area contributed by atoms with Gasteiger partial charge in [-0.3, -0.25) is 10.1 Å². The summed E-state index contributed by atoms with van der Waals surface area (Å²) in [7, 11) is 0. The van der Waals surface area contributed by atoms with E-state index in [1.54, 1.807) is 6.07 Å². The third-order valence-electron chi connectivity index (χ3n) is 2.72. The summed E-state index contributed by atoms with van der Waals surface area (Å²) in [4.78, 5) is 14.6. The maximum atomic E-state index is 10.7. The van der Waals surface area contributed by atoms with Crippen molar-refractivity contribution in [1.29, 1.82) is 0 Å². The van der Waals surface area contributed by atoms with Crippen molar-refractivity contribution in [3.8, 4) is 0 Å². The maximum Gasteiger partial charge on any atom is 0.270 e. The summed E-state index contributed by atoms with van der Waals surface area (Å²) in [5, 5.41) is 18.1. The summed E-state index contributed by atoms with van der Waals surface area (Å²) in [5.41, 5.74) is 0.800. The SMILES string of the molecule is O=[N+]([O-])c1ccc2nc(NC(=S)NC3CC3)sc2c1. The van der Waals surface area contributed by atoms with Crippen LogP contribution in [0.1, 0.15) is 12.8 Å². The Hall–Kier alpha value is -1.80. The Balaban J connectivity index is 1.80. The summed E-state index contributed by atoms with van der Waals surface area (Å²) in [6, 6.07) is 5.10. The normalized spacial score (nSPS) is 14.3. The fraction of sp³-hybridized carbons (Fsp3) is 0.273. The highest BCUT2D eigenvalue weighted by Crippen LogP contribution is 2.29. The molecular weight excluding hydrogens is 284 g/mol. The van der Waals surface area contributed by atoms with Gasteiger partial charge < -0.3 is 10.6 Å². The zero-order valence-corrected chi connectivity index (χ0v) is 11.4. The van der Waals surface area contributed by atoms with Gasteiger partial charge in [-0.25, -0.2) is 4.98 Å². The van der Waals surface area contributed by atoms with Gasteiger partial charge in [0.25, 0.3) is 5.69 Å². The van der Waals surface area contributed by atoms with Crippen LogP contribution in [0.4, 0.5) is 10.8 Å². The molecule has 0 atom stereocenters. The summed E-state index contributed by atoms with van der Waals surface area (Å²) in [6.45, 7) is 0. The first-order valence-corrected chi connectivity index (χ1v) is 6.97. The second-order valence-electron chi connectivity index (χ2n) is 4.30. The van der Waals surface area contributed by atoms with Crippen molar-refractivity contribution in [2.75, 3.05) is 5.32 Å². The average Bonchev–Trinajstić information content (AvgIpc) is 3.06. The molecule has 0 radical (unpaired) electrons. The lowest BCUT2D eigenvalue weighted by Crippen LogP contribution is -2.29. The lowest BCUT2D eigenvalue weighted by molar-refractivity contribution is -0.384. The molecule has 0 aliphatic heterocycles. The number of thiocarbonyl (C=S) groups is 1. The predicted molar refractivity (Wildman–Crippen MR) is 78.7 cm³/mol. The molecular formula is C11H10N4O2S2. The minimum atomic E-state index is -0.411. The van der Waals surface area contributed by atoms with E-state index in [4.69, 9.17) is 12.2 Å². The highest BCUT2D eigenvalue weighted by molar-refractivity contribution is 7.80. The monoisotopic (exact) mass is 294 g/mol. The van der Waals surface area contributed by atoms with E-state index in [-0.39, 0.29) is 5.69 Å². The number of benzene rings is 1. The molecule has 0 spiro atoms. The number of aromatic nitrogens is 1. The van der Waals surface area contributed by atoms with Gasteiger partial charge in [-0.05, 0) is 31.1 Å². The summed E-state index contributed by atoms with van der Waals surface area (Å²) in [5.74, 6) is 0. The van der Waals surface area contributed by atoms with Gasteiger partial charge >= 0.3 is 0 Å². The van der Waals surface area contributed by atoms with Crippen LogP contribution in [0, 0.1) is 10.1 Å². The van der Waals surface area contributed by atoms with Gasteiger partial charge in [-0.1, -0.05) is 11.3 Å². The van der Waals surface area contributed by atoms with Crippen LogP contribution in [-0.4, -0.2) is 21.1 Å². The zero-order valence-electron chi connectivity index (χ0n) is 9.75. The third kappa shape index (κ3) is 2.79. The lowest BCUT2D eigenvalue weighted by Gasteiger charge is -2.05. The molecule has 0 amide bonds. The van der Waals surface area contributed by atoms with Crippen LogP contribution in [0.3, 0.4) is 0 Å². The van der Waals surface area contributed by atoms with Crippen molar-refractivity contribution in [2.24, 2.45) is 0 Å². The van der Waals surface area contributed by atoms with Crippen molar-refractivity contribution in [2.45, 2.75) is 18.9 Å². The zero-order chi connectivity index (χ0) is 13.4. The van der Waals surface area contributed by atoms with E-state index in [9.17, 15) is 10.1 Å². The number of rotatable bonds is 3. The van der Waals surface area contributed by atoms with Crippen LogP contribution in [0.2, 0.25) is 0 Å². The highest BCUT2D eigenvalue weighted by Gasteiger charge is 2.22. The molecule has 98 valence electrons. The molecule has 19 heavy (non-hydrogen) atoms. The van der Waals surface area contributed by atoms with Gasteiger partial charge in [0.2, 0.25) is 0 Å². The number of hydrogen-bond acceptors (Lipinski definition) is 5. The van der Waals surface area contributed by atoms with Crippen LogP contribution in [0.5, 0.6) is 0 Å². The van der Waals surface area contributed by atoms with Crippen molar-refractivity contribution >= 4 is 49.7 Å². The Morgan fingerprint density at radius 2 is 2.32 bits per heavy atom. The Morgan fingerprint density at radius 1 is 1.53 bits per heavy atom. The van der Waals surface area contributed by atoms with Gasteiger partial charge in [0, 0.05) is 18.2 Å². The summed E-state index contributed by atoms with van der Waals surface area (Å²) < 4.78 is 0.769. The fourth-order valence-electron chi connectivity index (χ4n) is 1.63. The number of nitro groups is 1. The molecule has 8 heteroatoms. The largest absolute Gasteiger partial charge is 0.360 e. The van der Waals surface area contributed by atoms with E-state index in [2.05, 4.69) is 15.6 Å². The standard InChI is InChI=1S/C11H10N4O2S2/c16-15(17)7-3-4-8-9(5-7)19-11(13-8)14-10(18)12-6-1-2-6/h3-6H,1-2H2,(H2,12,13,14,18). The van der Waals surface area contributed by atoms with Crippen molar-refractivity contribution in [3.63, 3.8) is 0 Å². The minimum Gasteiger partial charge on any atom is -0.360 e. The molecule has 1 aliphatic rings. The lowest BCUT2D eigenvalue weighted by atomic mass is 10.3. The summed E-state index contributed by atoms with van der Waals surface area (Å²) in [6.07, 6.45) is 2.29. The topological polar surface area (TPSA) is 80.1 Å². The van der Waals surface area contributed by atoms with E-state index < -0.39 is 4.92 Å². The maximum absolute atomic E-state index is 10.7. The first kappa shape index (κ1) is 12.2. The molecule has 1 aliphatic carbocycles. The van der Waals surface area contributed by atoms with Crippen LogP contribution in [0.25, 0.3) is 10.2 Å². The van der Waals surface area contributed by atoms with Gasteiger partial charge in [0.15, 0.2) is 10.2 Å². The first-order chi connectivity index (χ1) is 9.11. The van der Waals surface area contributed by atoms with E-state index in [0.717, 1.165) is 23.1 Å². The molecule has 1 aromatic carbocycles. The first-order valence-electron chi connectivity index (χ1n) is 5.74. The highest BCUT2D eigenvalue weighted by atomic mass is 32.1. The molecule has 1 saturated carbocycles. The molecule has 0 unspecified atom stereocenters. The van der Waals surface area contributed by atoms with Gasteiger partial charge in [0.1, 0.15) is 0 Å². The van der Waals surface area contributed by atoms with Crippen molar-refractivity contribution in [3.05, 3.63) is 28.3 Å². The quantitative estimate of drug-likeness (QED) is 0.514. The molecule has 1 fully saturated rings. The number of thiazole rings is 1. The summed E-state index contributed by atoms with van der Waals surface area (Å²) >= 11 is 6.51.